The predicted molar refractivity (Wildman–Crippen MR) is 94.3 cm³/mol. The SMILES string of the molecule is C=CCN(Cc1cccc(C#N)c1)C(=O)c1ccc2c(c1)C(=O)NC2=O. The Hall–Kier alpha value is -3.72. The van der Waals surface area contributed by atoms with Crippen molar-refractivity contribution in [3.05, 3.63) is 82.9 Å². The lowest BCUT2D eigenvalue weighted by atomic mass is 10.0. The standard InChI is InChI=1S/C20H15N3O3/c1-2-8-23(12-14-5-3-4-13(9-14)11-21)20(26)15-6-7-16-17(10-15)19(25)22-18(16)24/h2-7,9-10H,1,8,12H2,(H,22,24,25). The minimum atomic E-state index is -0.503. The molecular formula is C20H15N3O3. The number of benzene rings is 2. The van der Waals surface area contributed by atoms with E-state index in [9.17, 15) is 14.4 Å². The Kier molecular flexibility index (Phi) is 4.63. The van der Waals surface area contributed by atoms with Gasteiger partial charge in [0.05, 0.1) is 22.8 Å². The topological polar surface area (TPSA) is 90.3 Å². The molecule has 6 nitrogen and oxygen atoms in total. The molecule has 0 aliphatic carbocycles. The van der Waals surface area contributed by atoms with Gasteiger partial charge in [0.25, 0.3) is 17.7 Å². The van der Waals surface area contributed by atoms with Crippen LogP contribution in [0.1, 0.15) is 42.2 Å². The van der Waals surface area contributed by atoms with Crippen molar-refractivity contribution in [1.82, 2.24) is 10.2 Å². The molecule has 2 aromatic rings. The Morgan fingerprint density at radius 3 is 2.65 bits per heavy atom. The molecule has 6 heteroatoms. The highest BCUT2D eigenvalue weighted by atomic mass is 16.2. The number of carbonyl (C=O) groups excluding carboxylic acids is 3. The highest BCUT2D eigenvalue weighted by Crippen LogP contribution is 2.19. The van der Waals surface area contributed by atoms with Crippen LogP contribution in [0.5, 0.6) is 0 Å². The first-order chi connectivity index (χ1) is 12.5. The smallest absolute Gasteiger partial charge is 0.258 e. The van der Waals surface area contributed by atoms with Crippen molar-refractivity contribution in [1.29, 1.82) is 5.26 Å². The molecule has 0 aromatic heterocycles. The molecule has 0 fully saturated rings. The molecule has 1 aliphatic heterocycles. The second-order valence-electron chi connectivity index (χ2n) is 5.83. The molecule has 3 rings (SSSR count). The van der Waals surface area contributed by atoms with Crippen molar-refractivity contribution >= 4 is 17.7 Å². The third-order valence-corrected chi connectivity index (χ3v) is 4.05. The molecule has 1 heterocycles. The van der Waals surface area contributed by atoms with Crippen LogP contribution >= 0.6 is 0 Å². The zero-order valence-electron chi connectivity index (χ0n) is 13.9. The van der Waals surface area contributed by atoms with Gasteiger partial charge in [-0.3, -0.25) is 19.7 Å². The van der Waals surface area contributed by atoms with Crippen molar-refractivity contribution < 1.29 is 14.4 Å². The monoisotopic (exact) mass is 345 g/mol. The molecule has 3 amide bonds. The Morgan fingerprint density at radius 2 is 1.92 bits per heavy atom. The zero-order chi connectivity index (χ0) is 18.7. The lowest BCUT2D eigenvalue weighted by molar-refractivity contribution is 0.0762. The van der Waals surface area contributed by atoms with Gasteiger partial charge in [-0.25, -0.2) is 0 Å². The average molecular weight is 345 g/mol. The number of fused-ring (bicyclic) bond motifs is 1. The van der Waals surface area contributed by atoms with E-state index in [1.807, 2.05) is 6.07 Å². The van der Waals surface area contributed by atoms with Crippen molar-refractivity contribution in [3.8, 4) is 6.07 Å². The zero-order valence-corrected chi connectivity index (χ0v) is 13.9. The van der Waals surface area contributed by atoms with Crippen molar-refractivity contribution in [2.75, 3.05) is 6.54 Å². The molecule has 0 spiro atoms. The normalized spacial score (nSPS) is 12.1. The third-order valence-electron chi connectivity index (χ3n) is 4.05. The van der Waals surface area contributed by atoms with Crippen LogP contribution in [0.4, 0.5) is 0 Å². The molecule has 128 valence electrons. The van der Waals surface area contributed by atoms with E-state index in [-0.39, 0.29) is 17.0 Å². The van der Waals surface area contributed by atoms with E-state index < -0.39 is 11.8 Å². The largest absolute Gasteiger partial charge is 0.331 e. The van der Waals surface area contributed by atoms with Crippen LogP contribution in [0.25, 0.3) is 0 Å². The molecule has 1 N–H and O–H groups in total. The van der Waals surface area contributed by atoms with Gasteiger partial charge in [0.1, 0.15) is 0 Å². The number of nitriles is 1. The summed E-state index contributed by atoms with van der Waals surface area (Å²) < 4.78 is 0. The summed E-state index contributed by atoms with van der Waals surface area (Å²) in [7, 11) is 0. The Morgan fingerprint density at radius 1 is 1.15 bits per heavy atom. The van der Waals surface area contributed by atoms with E-state index in [4.69, 9.17) is 5.26 Å². The number of imide groups is 1. The van der Waals surface area contributed by atoms with Gasteiger partial charge in [-0.1, -0.05) is 18.2 Å². The summed E-state index contributed by atoms with van der Waals surface area (Å²) in [4.78, 5) is 37.9. The van der Waals surface area contributed by atoms with Crippen LogP contribution in [0.2, 0.25) is 0 Å². The lowest BCUT2D eigenvalue weighted by Crippen LogP contribution is -2.31. The minimum Gasteiger partial charge on any atom is -0.331 e. The highest BCUT2D eigenvalue weighted by molar-refractivity contribution is 6.22. The van der Waals surface area contributed by atoms with Gasteiger partial charge >= 0.3 is 0 Å². The van der Waals surface area contributed by atoms with Gasteiger partial charge in [-0.15, -0.1) is 6.58 Å². The van der Waals surface area contributed by atoms with Gasteiger partial charge in [0.15, 0.2) is 0 Å². The number of nitrogens with zero attached hydrogens (tertiary/aromatic N) is 2. The summed E-state index contributed by atoms with van der Waals surface area (Å²) in [6, 6.07) is 13.5. The quantitative estimate of drug-likeness (QED) is 0.665. The summed E-state index contributed by atoms with van der Waals surface area (Å²) in [5, 5.41) is 11.2. The molecule has 0 saturated heterocycles. The second-order valence-corrected chi connectivity index (χ2v) is 5.83. The van der Waals surface area contributed by atoms with Crippen molar-refractivity contribution in [2.24, 2.45) is 0 Å². The first-order valence-corrected chi connectivity index (χ1v) is 7.92. The molecule has 2 aromatic carbocycles. The molecule has 26 heavy (non-hydrogen) atoms. The maximum atomic E-state index is 12.9. The van der Waals surface area contributed by atoms with Crippen LogP contribution in [0, 0.1) is 11.3 Å². The molecule has 0 unspecified atom stereocenters. The first kappa shape index (κ1) is 17.1. The van der Waals surface area contributed by atoms with E-state index in [2.05, 4.69) is 18.0 Å². The Bertz CT molecular complexity index is 973. The molecule has 0 bridgehead atoms. The number of nitrogens with one attached hydrogen (secondary N) is 1. The van der Waals surface area contributed by atoms with Crippen LogP contribution in [-0.4, -0.2) is 29.2 Å². The van der Waals surface area contributed by atoms with Crippen LogP contribution in [0.15, 0.2) is 55.1 Å². The average Bonchev–Trinajstić information content (AvgIpc) is 2.94. The molecule has 0 atom stereocenters. The Balaban J connectivity index is 1.89. The summed E-state index contributed by atoms with van der Waals surface area (Å²) >= 11 is 0. The van der Waals surface area contributed by atoms with Crippen molar-refractivity contribution in [2.45, 2.75) is 6.54 Å². The van der Waals surface area contributed by atoms with E-state index in [0.29, 0.717) is 24.2 Å². The number of rotatable bonds is 5. The number of hydrogen-bond acceptors (Lipinski definition) is 4. The van der Waals surface area contributed by atoms with E-state index in [1.165, 1.54) is 18.2 Å². The second kappa shape index (κ2) is 7.03. The van der Waals surface area contributed by atoms with E-state index in [0.717, 1.165) is 5.56 Å². The lowest BCUT2D eigenvalue weighted by Gasteiger charge is -2.21. The maximum Gasteiger partial charge on any atom is 0.258 e. The summed E-state index contributed by atoms with van der Waals surface area (Å²) in [5.74, 6) is -1.25. The summed E-state index contributed by atoms with van der Waals surface area (Å²) in [6.07, 6.45) is 1.61. The third kappa shape index (κ3) is 3.23. The number of amides is 3. The molecule has 0 saturated carbocycles. The van der Waals surface area contributed by atoms with Gasteiger partial charge in [-0.2, -0.15) is 5.26 Å². The van der Waals surface area contributed by atoms with Gasteiger partial charge in [0, 0.05) is 18.7 Å². The maximum absolute atomic E-state index is 12.9. The van der Waals surface area contributed by atoms with Gasteiger partial charge in [-0.05, 0) is 35.9 Å². The van der Waals surface area contributed by atoms with Crippen LogP contribution in [0.3, 0.4) is 0 Å². The van der Waals surface area contributed by atoms with Gasteiger partial charge in [0.2, 0.25) is 0 Å². The van der Waals surface area contributed by atoms with Crippen LogP contribution < -0.4 is 5.32 Å². The predicted octanol–water partition coefficient (Wildman–Crippen LogP) is 2.27. The minimum absolute atomic E-state index is 0.200. The molecule has 1 aliphatic rings. The fraction of sp³-hybridized carbons (Fsp3) is 0.100. The van der Waals surface area contributed by atoms with E-state index >= 15 is 0 Å². The van der Waals surface area contributed by atoms with Gasteiger partial charge < -0.3 is 4.90 Å². The van der Waals surface area contributed by atoms with Crippen LogP contribution in [-0.2, 0) is 6.54 Å². The summed E-state index contributed by atoms with van der Waals surface area (Å²) in [6.45, 7) is 4.27. The summed E-state index contributed by atoms with van der Waals surface area (Å²) in [5.41, 5.74) is 2.11. The highest BCUT2D eigenvalue weighted by Gasteiger charge is 2.28. The fourth-order valence-corrected chi connectivity index (χ4v) is 2.82. The van der Waals surface area contributed by atoms with E-state index in [1.54, 1.807) is 29.2 Å². The Labute approximate surface area is 150 Å². The van der Waals surface area contributed by atoms with Crippen molar-refractivity contribution in [3.63, 3.8) is 0 Å². The molecule has 0 radical (unpaired) electrons. The first-order valence-electron chi connectivity index (χ1n) is 7.92. The number of hydrogen-bond donors (Lipinski definition) is 1. The number of carbonyl (C=O) groups is 3. The molecular weight excluding hydrogens is 330 g/mol. The fourth-order valence-electron chi connectivity index (χ4n) is 2.82.